The van der Waals surface area contributed by atoms with E-state index >= 15 is 0 Å². The van der Waals surface area contributed by atoms with E-state index in [0.29, 0.717) is 12.3 Å². The van der Waals surface area contributed by atoms with Crippen LogP contribution in [0.25, 0.3) is 11.0 Å². The zero-order valence-electron chi connectivity index (χ0n) is 13.1. The normalized spacial score (nSPS) is 11.1. The fourth-order valence-electron chi connectivity index (χ4n) is 2.43. The van der Waals surface area contributed by atoms with Crippen molar-refractivity contribution in [1.82, 2.24) is 10.3 Å². The van der Waals surface area contributed by atoms with Crippen LogP contribution >= 0.6 is 11.3 Å². The predicted molar refractivity (Wildman–Crippen MR) is 88.4 cm³/mol. The minimum atomic E-state index is -0.199. The summed E-state index contributed by atoms with van der Waals surface area (Å²) in [6.07, 6.45) is 0. The first-order valence-corrected chi connectivity index (χ1v) is 8.03. The van der Waals surface area contributed by atoms with Gasteiger partial charge in [-0.1, -0.05) is 0 Å². The highest BCUT2D eigenvalue weighted by atomic mass is 32.1. The molecule has 0 atom stereocenters. The Morgan fingerprint density at radius 2 is 1.95 bits per heavy atom. The van der Waals surface area contributed by atoms with Crippen LogP contribution in [-0.4, -0.2) is 10.9 Å². The molecule has 0 unspecified atom stereocenters. The summed E-state index contributed by atoms with van der Waals surface area (Å²) in [6.45, 7) is 8.38. The number of furan rings is 1. The molecule has 2 aromatic heterocycles. The van der Waals surface area contributed by atoms with Crippen LogP contribution in [0.2, 0.25) is 0 Å². The van der Waals surface area contributed by atoms with Crippen LogP contribution in [0.15, 0.2) is 21.9 Å². The maximum Gasteiger partial charge on any atom is 0.287 e. The monoisotopic (exact) mass is 314 g/mol. The number of aryl methyl sites for hydroxylation is 4. The number of nitrogens with zero attached hydrogens (tertiary/aromatic N) is 1. The molecule has 5 heteroatoms. The van der Waals surface area contributed by atoms with E-state index in [-0.39, 0.29) is 5.91 Å². The van der Waals surface area contributed by atoms with Gasteiger partial charge in [0.1, 0.15) is 5.58 Å². The molecule has 0 bridgehead atoms. The summed E-state index contributed by atoms with van der Waals surface area (Å²) in [7, 11) is 0. The molecule has 0 aliphatic carbocycles. The van der Waals surface area contributed by atoms with Crippen LogP contribution < -0.4 is 5.32 Å². The lowest BCUT2D eigenvalue weighted by molar-refractivity contribution is 0.0924. The van der Waals surface area contributed by atoms with Gasteiger partial charge in [-0.2, -0.15) is 0 Å². The number of aromatic nitrogens is 1. The second-order valence-electron chi connectivity index (χ2n) is 5.53. The van der Waals surface area contributed by atoms with Crippen molar-refractivity contribution in [3.63, 3.8) is 0 Å². The van der Waals surface area contributed by atoms with Crippen molar-refractivity contribution in [2.24, 2.45) is 0 Å². The van der Waals surface area contributed by atoms with Gasteiger partial charge >= 0.3 is 0 Å². The standard InChI is InChI=1S/C17H18N2O2S/c1-9-5-14-11(3)16(21-15(14)6-10(9)2)17(20)18-7-13-8-22-12(4)19-13/h5-6,8H,7H2,1-4H3,(H,18,20). The molecule has 0 saturated carbocycles. The highest BCUT2D eigenvalue weighted by Gasteiger charge is 2.18. The number of benzene rings is 1. The fraction of sp³-hybridized carbons (Fsp3) is 0.294. The van der Waals surface area contributed by atoms with E-state index in [1.54, 1.807) is 11.3 Å². The Hall–Kier alpha value is -2.14. The number of rotatable bonds is 3. The summed E-state index contributed by atoms with van der Waals surface area (Å²) in [6, 6.07) is 4.06. The van der Waals surface area contributed by atoms with E-state index in [0.717, 1.165) is 32.8 Å². The number of hydrogen-bond acceptors (Lipinski definition) is 4. The van der Waals surface area contributed by atoms with Gasteiger partial charge in [0.05, 0.1) is 17.2 Å². The number of hydrogen-bond donors (Lipinski definition) is 1. The van der Waals surface area contributed by atoms with Crippen LogP contribution in [0.5, 0.6) is 0 Å². The quantitative estimate of drug-likeness (QED) is 0.793. The number of fused-ring (bicyclic) bond motifs is 1. The topological polar surface area (TPSA) is 55.1 Å². The number of carbonyl (C=O) groups excluding carboxylic acids is 1. The molecule has 3 aromatic rings. The molecule has 0 aliphatic heterocycles. The van der Waals surface area contributed by atoms with Gasteiger partial charge in [0, 0.05) is 16.3 Å². The van der Waals surface area contributed by atoms with E-state index in [1.807, 2.05) is 32.2 Å². The first-order chi connectivity index (χ1) is 10.5. The van der Waals surface area contributed by atoms with Crippen LogP contribution in [0, 0.1) is 27.7 Å². The van der Waals surface area contributed by atoms with E-state index in [2.05, 4.69) is 23.3 Å². The molecule has 22 heavy (non-hydrogen) atoms. The minimum absolute atomic E-state index is 0.199. The smallest absolute Gasteiger partial charge is 0.287 e. The highest BCUT2D eigenvalue weighted by molar-refractivity contribution is 7.09. The molecule has 0 aliphatic rings. The zero-order chi connectivity index (χ0) is 15.9. The molecular weight excluding hydrogens is 296 g/mol. The molecule has 0 spiro atoms. The molecular formula is C17H18N2O2S. The lowest BCUT2D eigenvalue weighted by Crippen LogP contribution is -2.23. The van der Waals surface area contributed by atoms with Crippen molar-refractivity contribution in [2.75, 3.05) is 0 Å². The summed E-state index contributed by atoms with van der Waals surface area (Å²) < 4.78 is 5.76. The number of nitrogens with one attached hydrogen (secondary N) is 1. The van der Waals surface area contributed by atoms with E-state index in [4.69, 9.17) is 4.42 Å². The molecule has 1 amide bonds. The average molecular weight is 314 g/mol. The third-order valence-corrected chi connectivity index (χ3v) is 4.68. The molecule has 3 rings (SSSR count). The maximum atomic E-state index is 12.4. The van der Waals surface area contributed by atoms with Crippen molar-refractivity contribution < 1.29 is 9.21 Å². The maximum absolute atomic E-state index is 12.4. The summed E-state index contributed by atoms with van der Waals surface area (Å²) in [4.78, 5) is 16.7. The highest BCUT2D eigenvalue weighted by Crippen LogP contribution is 2.28. The van der Waals surface area contributed by atoms with Crippen LogP contribution in [-0.2, 0) is 6.54 Å². The van der Waals surface area contributed by atoms with Crippen molar-refractivity contribution in [3.8, 4) is 0 Å². The van der Waals surface area contributed by atoms with Gasteiger partial charge in [-0.3, -0.25) is 4.79 Å². The van der Waals surface area contributed by atoms with E-state index in [9.17, 15) is 4.79 Å². The Kier molecular flexibility index (Phi) is 3.74. The van der Waals surface area contributed by atoms with Crippen molar-refractivity contribution in [3.05, 3.63) is 50.7 Å². The van der Waals surface area contributed by atoms with E-state index in [1.165, 1.54) is 5.56 Å². The molecule has 114 valence electrons. The van der Waals surface area contributed by atoms with Crippen molar-refractivity contribution in [1.29, 1.82) is 0 Å². The van der Waals surface area contributed by atoms with Crippen LogP contribution in [0.4, 0.5) is 0 Å². The molecule has 0 fully saturated rings. The van der Waals surface area contributed by atoms with Gasteiger partial charge < -0.3 is 9.73 Å². The third-order valence-electron chi connectivity index (χ3n) is 3.86. The van der Waals surface area contributed by atoms with Gasteiger partial charge in [0.25, 0.3) is 5.91 Å². The number of thiazole rings is 1. The third kappa shape index (κ3) is 2.64. The van der Waals surface area contributed by atoms with Gasteiger partial charge in [-0.05, 0) is 51.0 Å². The molecule has 1 aromatic carbocycles. The Morgan fingerprint density at radius 1 is 1.23 bits per heavy atom. The summed E-state index contributed by atoms with van der Waals surface area (Å²) in [5, 5.41) is 6.82. The Morgan fingerprint density at radius 3 is 2.64 bits per heavy atom. The van der Waals surface area contributed by atoms with Crippen molar-refractivity contribution >= 4 is 28.2 Å². The minimum Gasteiger partial charge on any atom is -0.451 e. The lowest BCUT2D eigenvalue weighted by atomic mass is 10.1. The van der Waals surface area contributed by atoms with Gasteiger partial charge in [0.2, 0.25) is 0 Å². The first kappa shape index (κ1) is 14.8. The van der Waals surface area contributed by atoms with Gasteiger partial charge in [0.15, 0.2) is 5.76 Å². The summed E-state index contributed by atoms with van der Waals surface area (Å²) >= 11 is 1.58. The fourth-order valence-corrected chi connectivity index (χ4v) is 3.05. The zero-order valence-corrected chi connectivity index (χ0v) is 13.9. The molecule has 4 nitrogen and oxygen atoms in total. The second kappa shape index (κ2) is 5.57. The first-order valence-electron chi connectivity index (χ1n) is 7.15. The number of amides is 1. The molecule has 2 heterocycles. The summed E-state index contributed by atoms with van der Waals surface area (Å²) in [5.74, 6) is 0.182. The largest absolute Gasteiger partial charge is 0.451 e. The second-order valence-corrected chi connectivity index (χ2v) is 6.59. The summed E-state index contributed by atoms with van der Waals surface area (Å²) in [5.41, 5.74) is 4.86. The Balaban J connectivity index is 1.86. The molecule has 0 saturated heterocycles. The SMILES string of the molecule is Cc1nc(CNC(=O)c2oc3cc(C)c(C)cc3c2C)cs1. The van der Waals surface area contributed by atoms with Gasteiger partial charge in [-0.15, -0.1) is 11.3 Å². The molecule has 0 radical (unpaired) electrons. The predicted octanol–water partition coefficient (Wildman–Crippen LogP) is 4.05. The average Bonchev–Trinajstić information content (AvgIpc) is 3.02. The van der Waals surface area contributed by atoms with Crippen LogP contribution in [0.1, 0.15) is 37.9 Å². The Labute approximate surface area is 133 Å². The van der Waals surface area contributed by atoms with Crippen LogP contribution in [0.3, 0.4) is 0 Å². The molecule has 1 N–H and O–H groups in total. The Bertz CT molecular complexity index is 861. The number of carbonyl (C=O) groups is 1. The van der Waals surface area contributed by atoms with Crippen molar-refractivity contribution in [2.45, 2.75) is 34.2 Å². The van der Waals surface area contributed by atoms with Gasteiger partial charge in [-0.25, -0.2) is 4.98 Å². The van der Waals surface area contributed by atoms with E-state index < -0.39 is 0 Å². The lowest BCUT2D eigenvalue weighted by Gasteiger charge is -2.01.